The average molecular weight is 259 g/mol. The van der Waals surface area contributed by atoms with E-state index in [1.807, 2.05) is 13.8 Å². The fourth-order valence-electron chi connectivity index (χ4n) is 3.09. The predicted molar refractivity (Wildman–Crippen MR) is 68.3 cm³/mol. The first-order chi connectivity index (χ1) is 8.09. The number of fused-ring (bicyclic) bond motifs is 2. The van der Waals surface area contributed by atoms with Crippen molar-refractivity contribution in [2.75, 3.05) is 13.2 Å². The van der Waals surface area contributed by atoms with Gasteiger partial charge in [0.25, 0.3) is 0 Å². The van der Waals surface area contributed by atoms with Crippen molar-refractivity contribution in [3.05, 3.63) is 0 Å². The van der Waals surface area contributed by atoms with Crippen molar-refractivity contribution in [3.63, 3.8) is 0 Å². The zero-order valence-electron chi connectivity index (χ0n) is 10.9. The number of nitrogens with zero attached hydrogens (tertiary/aromatic N) is 1. The Kier molecular flexibility index (Phi) is 4.06. The summed E-state index contributed by atoms with van der Waals surface area (Å²) in [5.74, 6) is 1.70. The van der Waals surface area contributed by atoms with Gasteiger partial charge >= 0.3 is 7.75 Å². The zero-order chi connectivity index (χ0) is 12.5. The van der Waals surface area contributed by atoms with Crippen LogP contribution in [0.1, 0.15) is 40.0 Å². The molecule has 0 saturated heterocycles. The molecule has 0 spiro atoms. The zero-order valence-corrected chi connectivity index (χ0v) is 11.8. The maximum atomic E-state index is 12.4. The third-order valence-electron chi connectivity index (χ3n) is 3.89. The molecule has 0 amide bonds. The standard InChI is InChI=1S/C12H22NO3P/c1-4-15-17(14,16-5-2)13-12-9(3)10-6-7-11(12)8-10/h9-11H,4-8H2,1-3H3/b13-12+. The van der Waals surface area contributed by atoms with E-state index in [4.69, 9.17) is 9.05 Å². The summed E-state index contributed by atoms with van der Waals surface area (Å²) in [5.41, 5.74) is 1.08. The highest BCUT2D eigenvalue weighted by atomic mass is 31.2. The number of hydrogen-bond acceptors (Lipinski definition) is 3. The minimum Gasteiger partial charge on any atom is -0.291 e. The molecule has 2 aliphatic rings. The predicted octanol–water partition coefficient (Wildman–Crippen LogP) is 3.67. The molecule has 0 aromatic heterocycles. The van der Waals surface area contributed by atoms with E-state index in [9.17, 15) is 4.57 Å². The van der Waals surface area contributed by atoms with E-state index in [2.05, 4.69) is 11.7 Å². The molecule has 0 aromatic rings. The Balaban J connectivity index is 2.18. The quantitative estimate of drug-likeness (QED) is 0.708. The molecule has 0 radical (unpaired) electrons. The molecule has 3 atom stereocenters. The van der Waals surface area contributed by atoms with Crippen LogP contribution in [-0.2, 0) is 13.6 Å². The summed E-state index contributed by atoms with van der Waals surface area (Å²) in [6.07, 6.45) is 3.68. The fourth-order valence-corrected chi connectivity index (χ4v) is 4.56. The highest BCUT2D eigenvalue weighted by Gasteiger charge is 2.44. The van der Waals surface area contributed by atoms with Crippen molar-refractivity contribution in [3.8, 4) is 0 Å². The van der Waals surface area contributed by atoms with E-state index >= 15 is 0 Å². The molecule has 5 heteroatoms. The Morgan fingerprint density at radius 1 is 1.29 bits per heavy atom. The monoisotopic (exact) mass is 259 g/mol. The molecular weight excluding hydrogens is 237 g/mol. The Hall–Kier alpha value is -0.180. The minimum absolute atomic E-state index is 0.372. The van der Waals surface area contributed by atoms with E-state index in [0.29, 0.717) is 25.0 Å². The van der Waals surface area contributed by atoms with Crippen molar-refractivity contribution < 1.29 is 13.6 Å². The molecule has 0 aromatic carbocycles. The maximum absolute atomic E-state index is 12.4. The Bertz CT molecular complexity index is 342. The largest absolute Gasteiger partial charge is 0.453 e. The lowest BCUT2D eigenvalue weighted by Gasteiger charge is -2.21. The van der Waals surface area contributed by atoms with Crippen LogP contribution in [0.2, 0.25) is 0 Å². The molecule has 2 rings (SSSR count). The van der Waals surface area contributed by atoms with E-state index in [0.717, 1.165) is 11.6 Å². The molecule has 17 heavy (non-hydrogen) atoms. The lowest BCUT2D eigenvalue weighted by atomic mass is 9.89. The van der Waals surface area contributed by atoms with Gasteiger partial charge in [-0.3, -0.25) is 9.05 Å². The van der Waals surface area contributed by atoms with Crippen LogP contribution >= 0.6 is 7.75 Å². The van der Waals surface area contributed by atoms with Gasteiger partial charge in [-0.05, 0) is 50.9 Å². The topological polar surface area (TPSA) is 47.9 Å². The lowest BCUT2D eigenvalue weighted by molar-refractivity contribution is 0.221. The summed E-state index contributed by atoms with van der Waals surface area (Å²) in [6.45, 7) is 6.56. The lowest BCUT2D eigenvalue weighted by Crippen LogP contribution is -2.19. The van der Waals surface area contributed by atoms with Gasteiger partial charge in [-0.15, -0.1) is 0 Å². The molecule has 2 bridgehead atoms. The molecule has 2 saturated carbocycles. The van der Waals surface area contributed by atoms with Crippen molar-refractivity contribution in [2.24, 2.45) is 22.5 Å². The van der Waals surface area contributed by atoms with Crippen LogP contribution in [0.5, 0.6) is 0 Å². The van der Waals surface area contributed by atoms with Crippen LogP contribution in [0.25, 0.3) is 0 Å². The van der Waals surface area contributed by atoms with Gasteiger partial charge in [-0.2, -0.15) is 4.76 Å². The van der Waals surface area contributed by atoms with Crippen molar-refractivity contribution >= 4 is 13.5 Å². The van der Waals surface area contributed by atoms with E-state index in [1.165, 1.54) is 19.3 Å². The molecule has 3 unspecified atom stereocenters. The summed E-state index contributed by atoms with van der Waals surface area (Å²) < 4.78 is 27.2. The van der Waals surface area contributed by atoms with Crippen LogP contribution in [0.3, 0.4) is 0 Å². The first kappa shape index (κ1) is 13.3. The smallest absolute Gasteiger partial charge is 0.291 e. The van der Waals surface area contributed by atoms with Gasteiger partial charge < -0.3 is 0 Å². The van der Waals surface area contributed by atoms with Gasteiger partial charge in [0.1, 0.15) is 0 Å². The van der Waals surface area contributed by atoms with Crippen molar-refractivity contribution in [1.29, 1.82) is 0 Å². The molecule has 2 fully saturated rings. The summed E-state index contributed by atoms with van der Waals surface area (Å²) in [5, 5.41) is 0. The van der Waals surface area contributed by atoms with Crippen molar-refractivity contribution in [1.82, 2.24) is 0 Å². The van der Waals surface area contributed by atoms with Crippen LogP contribution < -0.4 is 0 Å². The molecule has 0 heterocycles. The maximum Gasteiger partial charge on any atom is 0.453 e. The second-order valence-corrected chi connectivity index (χ2v) is 6.54. The number of hydrogen-bond donors (Lipinski definition) is 0. The van der Waals surface area contributed by atoms with E-state index in [-0.39, 0.29) is 0 Å². The van der Waals surface area contributed by atoms with Gasteiger partial charge in [-0.25, -0.2) is 4.57 Å². The fraction of sp³-hybridized carbons (Fsp3) is 0.917. The second kappa shape index (κ2) is 5.21. The Morgan fingerprint density at radius 2 is 1.94 bits per heavy atom. The summed E-state index contributed by atoms with van der Waals surface area (Å²) in [4.78, 5) is 0. The van der Waals surface area contributed by atoms with Gasteiger partial charge in [0.2, 0.25) is 0 Å². The van der Waals surface area contributed by atoms with Gasteiger partial charge in [-0.1, -0.05) is 6.92 Å². The van der Waals surface area contributed by atoms with Gasteiger partial charge in [0, 0.05) is 5.71 Å². The highest BCUT2D eigenvalue weighted by Crippen LogP contribution is 2.54. The average Bonchev–Trinajstić information content (AvgIpc) is 2.83. The Labute approximate surface area is 103 Å². The third kappa shape index (κ3) is 2.64. The highest BCUT2D eigenvalue weighted by molar-refractivity contribution is 7.52. The van der Waals surface area contributed by atoms with Gasteiger partial charge in [0.15, 0.2) is 0 Å². The molecule has 98 valence electrons. The van der Waals surface area contributed by atoms with Gasteiger partial charge in [0.05, 0.1) is 13.2 Å². The first-order valence-corrected chi connectivity index (χ1v) is 8.08. The van der Waals surface area contributed by atoms with E-state index < -0.39 is 7.75 Å². The van der Waals surface area contributed by atoms with Crippen LogP contribution in [0.4, 0.5) is 0 Å². The number of rotatable bonds is 5. The molecule has 2 aliphatic carbocycles. The first-order valence-electron chi connectivity index (χ1n) is 6.58. The molecule has 0 aliphatic heterocycles. The van der Waals surface area contributed by atoms with Crippen molar-refractivity contribution in [2.45, 2.75) is 40.0 Å². The van der Waals surface area contributed by atoms with Crippen LogP contribution in [0, 0.1) is 17.8 Å². The van der Waals surface area contributed by atoms with Crippen LogP contribution in [-0.4, -0.2) is 18.9 Å². The normalized spacial score (nSPS) is 34.8. The molecule has 4 nitrogen and oxygen atoms in total. The summed E-state index contributed by atoms with van der Waals surface area (Å²) in [6, 6.07) is 0. The summed E-state index contributed by atoms with van der Waals surface area (Å²) in [7, 11) is -3.25. The second-order valence-electron chi connectivity index (χ2n) is 4.89. The van der Waals surface area contributed by atoms with E-state index in [1.54, 1.807) is 0 Å². The Morgan fingerprint density at radius 3 is 2.41 bits per heavy atom. The summed E-state index contributed by atoms with van der Waals surface area (Å²) >= 11 is 0. The third-order valence-corrected chi connectivity index (χ3v) is 5.53. The minimum atomic E-state index is -3.25. The van der Waals surface area contributed by atoms with Crippen LogP contribution in [0.15, 0.2) is 4.76 Å². The SMILES string of the molecule is CCOP(=O)(/N=C1/C2CCC(C2)C1C)OCC. The molecule has 0 N–H and O–H groups in total. The molecular formula is C12H22NO3P.